The highest BCUT2D eigenvalue weighted by molar-refractivity contribution is 5.85. The molecule has 0 unspecified atom stereocenters. The molecule has 15 heavy (non-hydrogen) atoms. The second kappa shape index (κ2) is 2.92. The van der Waals surface area contributed by atoms with Crippen LogP contribution >= 0.6 is 0 Å². The average Bonchev–Trinajstić information content (AvgIpc) is 2.42. The Balaban J connectivity index is 2.81. The van der Waals surface area contributed by atoms with Gasteiger partial charge in [-0.25, -0.2) is 0 Å². The first-order valence-electron chi connectivity index (χ1n) is 4.50. The van der Waals surface area contributed by atoms with Crippen LogP contribution in [0.2, 0.25) is 0 Å². The Morgan fingerprint density at radius 1 is 1.40 bits per heavy atom. The maximum absolute atomic E-state index is 13.2. The SMILES string of the molecule is Cn1nc(C(C)(F)F)c2cc(N)ccc21. The van der Waals surface area contributed by atoms with E-state index >= 15 is 0 Å². The highest BCUT2D eigenvalue weighted by Gasteiger charge is 2.30. The van der Waals surface area contributed by atoms with Crippen molar-refractivity contribution in [1.82, 2.24) is 9.78 Å². The molecule has 0 atom stereocenters. The molecule has 1 heterocycles. The van der Waals surface area contributed by atoms with E-state index in [1.54, 1.807) is 19.2 Å². The van der Waals surface area contributed by atoms with E-state index in [9.17, 15) is 8.78 Å². The summed E-state index contributed by atoms with van der Waals surface area (Å²) in [5.41, 5.74) is 6.45. The molecule has 0 amide bonds. The molecule has 0 radical (unpaired) electrons. The topological polar surface area (TPSA) is 43.8 Å². The van der Waals surface area contributed by atoms with Crippen LogP contribution in [0.1, 0.15) is 12.6 Å². The quantitative estimate of drug-likeness (QED) is 0.735. The van der Waals surface area contributed by atoms with Gasteiger partial charge in [0.25, 0.3) is 5.92 Å². The number of nitrogens with two attached hydrogens (primary N) is 1. The van der Waals surface area contributed by atoms with E-state index in [2.05, 4.69) is 5.10 Å². The lowest BCUT2D eigenvalue weighted by molar-refractivity contribution is 0.0137. The fourth-order valence-corrected chi connectivity index (χ4v) is 1.61. The molecule has 0 aliphatic carbocycles. The number of nitrogens with zero attached hydrogens (tertiary/aromatic N) is 2. The fraction of sp³-hybridized carbons (Fsp3) is 0.300. The lowest BCUT2D eigenvalue weighted by Gasteiger charge is -2.06. The van der Waals surface area contributed by atoms with Crippen LogP contribution in [0.3, 0.4) is 0 Å². The van der Waals surface area contributed by atoms with Crippen molar-refractivity contribution in [2.75, 3.05) is 5.73 Å². The molecule has 1 aromatic carbocycles. The van der Waals surface area contributed by atoms with Crippen molar-refractivity contribution in [3.05, 3.63) is 23.9 Å². The van der Waals surface area contributed by atoms with E-state index in [4.69, 9.17) is 5.73 Å². The number of aromatic nitrogens is 2. The fourth-order valence-electron chi connectivity index (χ4n) is 1.61. The normalized spacial score (nSPS) is 12.3. The molecule has 0 bridgehead atoms. The molecule has 0 saturated carbocycles. The summed E-state index contributed by atoms with van der Waals surface area (Å²) in [6.07, 6.45) is 0. The van der Waals surface area contributed by atoms with E-state index in [1.807, 2.05) is 0 Å². The van der Waals surface area contributed by atoms with Gasteiger partial charge in [-0.1, -0.05) is 0 Å². The van der Waals surface area contributed by atoms with Crippen molar-refractivity contribution >= 4 is 16.6 Å². The first-order valence-corrected chi connectivity index (χ1v) is 4.50. The standard InChI is InChI=1S/C10H11F2N3/c1-10(11,12)9-7-5-6(13)3-4-8(7)15(2)14-9/h3-5H,13H2,1-2H3. The molecule has 0 saturated heterocycles. The lowest BCUT2D eigenvalue weighted by atomic mass is 10.1. The van der Waals surface area contributed by atoms with Crippen LogP contribution in [0, 0.1) is 0 Å². The van der Waals surface area contributed by atoms with E-state index in [0.717, 1.165) is 6.92 Å². The number of benzene rings is 1. The van der Waals surface area contributed by atoms with Gasteiger partial charge in [0.05, 0.1) is 5.52 Å². The summed E-state index contributed by atoms with van der Waals surface area (Å²) in [4.78, 5) is 0. The largest absolute Gasteiger partial charge is 0.399 e. The summed E-state index contributed by atoms with van der Waals surface area (Å²) < 4.78 is 27.9. The summed E-state index contributed by atoms with van der Waals surface area (Å²) in [6.45, 7) is 0.831. The lowest BCUT2D eigenvalue weighted by Crippen LogP contribution is -2.09. The van der Waals surface area contributed by atoms with Gasteiger partial charge in [-0.3, -0.25) is 4.68 Å². The predicted molar refractivity (Wildman–Crippen MR) is 54.7 cm³/mol. The molecule has 1 aromatic heterocycles. The Hall–Kier alpha value is -1.65. The maximum Gasteiger partial charge on any atom is 0.289 e. The first-order chi connectivity index (χ1) is 6.89. The smallest absolute Gasteiger partial charge is 0.289 e. The van der Waals surface area contributed by atoms with Crippen molar-refractivity contribution in [1.29, 1.82) is 0 Å². The number of hydrogen-bond donors (Lipinski definition) is 1. The van der Waals surface area contributed by atoms with Gasteiger partial charge in [0, 0.05) is 25.0 Å². The highest BCUT2D eigenvalue weighted by Crippen LogP contribution is 2.32. The van der Waals surface area contributed by atoms with Crippen LogP contribution in [0.15, 0.2) is 18.2 Å². The van der Waals surface area contributed by atoms with Gasteiger partial charge in [-0.05, 0) is 18.2 Å². The molecule has 2 rings (SSSR count). The van der Waals surface area contributed by atoms with Gasteiger partial charge in [0.2, 0.25) is 0 Å². The second-order valence-corrected chi connectivity index (χ2v) is 3.64. The molecule has 80 valence electrons. The second-order valence-electron chi connectivity index (χ2n) is 3.64. The van der Waals surface area contributed by atoms with Crippen LogP contribution in [0.25, 0.3) is 10.9 Å². The maximum atomic E-state index is 13.2. The summed E-state index contributed by atoms with van der Waals surface area (Å²) >= 11 is 0. The third kappa shape index (κ3) is 1.54. The first kappa shape index (κ1) is 9.89. The molecule has 0 aliphatic heterocycles. The molecule has 0 spiro atoms. The number of fused-ring (bicyclic) bond motifs is 1. The number of anilines is 1. The van der Waals surface area contributed by atoms with Crippen molar-refractivity contribution in [3.8, 4) is 0 Å². The minimum absolute atomic E-state index is 0.229. The monoisotopic (exact) mass is 211 g/mol. The number of alkyl halides is 2. The molecule has 0 aliphatic rings. The Kier molecular flexibility index (Phi) is 1.92. The van der Waals surface area contributed by atoms with Gasteiger partial charge >= 0.3 is 0 Å². The highest BCUT2D eigenvalue weighted by atomic mass is 19.3. The van der Waals surface area contributed by atoms with Crippen LogP contribution in [0.5, 0.6) is 0 Å². The molecular formula is C10H11F2N3. The van der Waals surface area contributed by atoms with E-state index in [0.29, 0.717) is 16.6 Å². The Morgan fingerprint density at radius 3 is 2.67 bits per heavy atom. The third-order valence-corrected chi connectivity index (χ3v) is 2.29. The molecule has 2 aromatic rings. The molecule has 0 fully saturated rings. The Bertz CT molecular complexity index is 511. The minimum atomic E-state index is -2.95. The van der Waals surface area contributed by atoms with Crippen LogP contribution in [-0.2, 0) is 13.0 Å². The summed E-state index contributed by atoms with van der Waals surface area (Å²) in [5, 5.41) is 4.22. The Labute approximate surface area is 85.5 Å². The van der Waals surface area contributed by atoms with Gasteiger partial charge in [0.1, 0.15) is 5.69 Å². The van der Waals surface area contributed by atoms with Gasteiger partial charge in [-0.15, -0.1) is 0 Å². The molecule has 3 nitrogen and oxygen atoms in total. The van der Waals surface area contributed by atoms with Gasteiger partial charge in [0.15, 0.2) is 0 Å². The van der Waals surface area contributed by atoms with Gasteiger partial charge < -0.3 is 5.73 Å². The van der Waals surface area contributed by atoms with Crippen LogP contribution in [0.4, 0.5) is 14.5 Å². The molecular weight excluding hydrogens is 200 g/mol. The van der Waals surface area contributed by atoms with Crippen molar-refractivity contribution in [2.45, 2.75) is 12.8 Å². The van der Waals surface area contributed by atoms with E-state index in [1.165, 1.54) is 10.7 Å². The van der Waals surface area contributed by atoms with Gasteiger partial charge in [-0.2, -0.15) is 13.9 Å². The van der Waals surface area contributed by atoms with E-state index < -0.39 is 5.92 Å². The minimum Gasteiger partial charge on any atom is -0.399 e. The number of aryl methyl sites for hydroxylation is 1. The van der Waals surface area contributed by atoms with Crippen molar-refractivity contribution < 1.29 is 8.78 Å². The van der Waals surface area contributed by atoms with Crippen LogP contribution < -0.4 is 5.73 Å². The van der Waals surface area contributed by atoms with E-state index in [-0.39, 0.29) is 5.69 Å². The van der Waals surface area contributed by atoms with Crippen molar-refractivity contribution in [3.63, 3.8) is 0 Å². The zero-order chi connectivity index (χ0) is 11.2. The third-order valence-electron chi connectivity index (χ3n) is 2.29. The van der Waals surface area contributed by atoms with Crippen LogP contribution in [-0.4, -0.2) is 9.78 Å². The van der Waals surface area contributed by atoms with Crippen molar-refractivity contribution in [2.24, 2.45) is 7.05 Å². The number of hydrogen-bond acceptors (Lipinski definition) is 2. The summed E-state index contributed by atoms with van der Waals surface area (Å²) in [7, 11) is 1.63. The number of halogens is 2. The molecule has 5 heteroatoms. The zero-order valence-electron chi connectivity index (χ0n) is 8.46. The number of nitrogen functional groups attached to an aromatic ring is 1. The average molecular weight is 211 g/mol. The summed E-state index contributed by atoms with van der Waals surface area (Å²) in [5.74, 6) is -2.95. The predicted octanol–water partition coefficient (Wildman–Crippen LogP) is 2.27. The molecule has 2 N–H and O–H groups in total. The number of rotatable bonds is 1. The Morgan fingerprint density at radius 2 is 2.07 bits per heavy atom. The summed E-state index contributed by atoms with van der Waals surface area (Å²) in [6, 6.07) is 4.88. The zero-order valence-corrected chi connectivity index (χ0v) is 8.46.